The molecule has 2 rings (SSSR count). The third kappa shape index (κ3) is 3.63. The fraction of sp³-hybridized carbons (Fsp3) is 0.294. The Labute approximate surface area is 110 Å². The third-order valence-electron chi connectivity index (χ3n) is 3.17. The summed E-state index contributed by atoms with van der Waals surface area (Å²) in [6.45, 7) is 3.17. The molecule has 0 aliphatic rings. The van der Waals surface area contributed by atoms with Gasteiger partial charge in [0.05, 0.1) is 0 Å². The van der Waals surface area contributed by atoms with Crippen LogP contribution in [0.4, 0.5) is 5.69 Å². The van der Waals surface area contributed by atoms with E-state index in [-0.39, 0.29) is 0 Å². The SMILES string of the molecule is Cc1[c]ccc(N(C)CCCc2ccccc2)c1. The van der Waals surface area contributed by atoms with Gasteiger partial charge in [-0.15, -0.1) is 0 Å². The minimum absolute atomic E-state index is 1.08. The summed E-state index contributed by atoms with van der Waals surface area (Å²) in [7, 11) is 2.15. The lowest BCUT2D eigenvalue weighted by Gasteiger charge is -2.19. The second-order valence-electron chi connectivity index (χ2n) is 4.74. The van der Waals surface area contributed by atoms with Crippen molar-refractivity contribution in [3.63, 3.8) is 0 Å². The molecule has 18 heavy (non-hydrogen) atoms. The molecule has 1 nitrogen and oxygen atoms in total. The van der Waals surface area contributed by atoms with Gasteiger partial charge in [0.1, 0.15) is 0 Å². The molecule has 0 spiro atoms. The van der Waals surface area contributed by atoms with Crippen molar-refractivity contribution >= 4 is 5.69 Å². The minimum Gasteiger partial charge on any atom is -0.375 e. The Morgan fingerprint density at radius 1 is 1.11 bits per heavy atom. The van der Waals surface area contributed by atoms with Gasteiger partial charge in [-0.05, 0) is 49.1 Å². The van der Waals surface area contributed by atoms with Crippen molar-refractivity contribution in [2.45, 2.75) is 19.8 Å². The van der Waals surface area contributed by atoms with E-state index in [0.29, 0.717) is 0 Å². The van der Waals surface area contributed by atoms with Crippen molar-refractivity contribution in [3.8, 4) is 0 Å². The standard InChI is InChI=1S/C17H20N/c1-15-8-6-12-17(14-15)18(2)13-7-11-16-9-4-3-5-10-16/h3-6,9-10,12,14H,7,11,13H2,1-2H3. The fourth-order valence-corrected chi connectivity index (χ4v) is 2.10. The molecule has 0 bridgehead atoms. The molecule has 93 valence electrons. The predicted octanol–water partition coefficient (Wildman–Crippen LogP) is 3.86. The van der Waals surface area contributed by atoms with Gasteiger partial charge in [-0.25, -0.2) is 0 Å². The van der Waals surface area contributed by atoms with E-state index in [9.17, 15) is 0 Å². The molecule has 0 saturated carbocycles. The van der Waals surface area contributed by atoms with Crippen molar-refractivity contribution in [2.75, 3.05) is 18.5 Å². The summed E-state index contributed by atoms with van der Waals surface area (Å²) in [5.74, 6) is 0. The fourth-order valence-electron chi connectivity index (χ4n) is 2.10. The Hall–Kier alpha value is -1.76. The molecule has 0 fully saturated rings. The molecule has 0 aliphatic heterocycles. The summed E-state index contributed by atoms with van der Waals surface area (Å²) < 4.78 is 0. The Balaban J connectivity index is 1.83. The predicted molar refractivity (Wildman–Crippen MR) is 78.0 cm³/mol. The van der Waals surface area contributed by atoms with Crippen molar-refractivity contribution in [1.29, 1.82) is 0 Å². The van der Waals surface area contributed by atoms with E-state index in [4.69, 9.17) is 0 Å². The number of hydrogen-bond donors (Lipinski definition) is 0. The van der Waals surface area contributed by atoms with E-state index in [1.807, 2.05) is 6.07 Å². The first kappa shape index (κ1) is 12.7. The molecule has 2 aromatic rings. The zero-order valence-electron chi connectivity index (χ0n) is 11.2. The van der Waals surface area contributed by atoms with Crippen molar-refractivity contribution < 1.29 is 0 Å². The van der Waals surface area contributed by atoms with Gasteiger partial charge in [-0.2, -0.15) is 0 Å². The van der Waals surface area contributed by atoms with Crippen LogP contribution in [0.1, 0.15) is 17.5 Å². The molecule has 0 atom stereocenters. The smallest absolute Gasteiger partial charge is 0.0366 e. The monoisotopic (exact) mass is 238 g/mol. The molecule has 0 N–H and O–H groups in total. The number of rotatable bonds is 5. The van der Waals surface area contributed by atoms with E-state index >= 15 is 0 Å². The van der Waals surface area contributed by atoms with E-state index in [1.165, 1.54) is 23.2 Å². The molecule has 1 radical (unpaired) electrons. The van der Waals surface area contributed by atoms with Crippen LogP contribution < -0.4 is 4.90 Å². The number of anilines is 1. The number of benzene rings is 2. The van der Waals surface area contributed by atoms with Crippen LogP contribution in [0.25, 0.3) is 0 Å². The summed E-state index contributed by atoms with van der Waals surface area (Å²) in [4.78, 5) is 2.31. The minimum atomic E-state index is 1.08. The van der Waals surface area contributed by atoms with Gasteiger partial charge in [0, 0.05) is 19.3 Å². The maximum atomic E-state index is 3.18. The van der Waals surface area contributed by atoms with Crippen LogP contribution in [0.15, 0.2) is 48.5 Å². The number of aryl methyl sites for hydroxylation is 2. The zero-order valence-corrected chi connectivity index (χ0v) is 11.2. The Bertz CT molecular complexity index is 476. The molecule has 0 saturated heterocycles. The molecule has 2 aromatic carbocycles. The van der Waals surface area contributed by atoms with Crippen LogP contribution >= 0.6 is 0 Å². The lowest BCUT2D eigenvalue weighted by atomic mass is 10.1. The maximum absolute atomic E-state index is 3.18. The molecule has 0 aliphatic carbocycles. The molecule has 0 heterocycles. The Kier molecular flexibility index (Phi) is 4.40. The van der Waals surface area contributed by atoms with E-state index in [1.54, 1.807) is 0 Å². The summed E-state index contributed by atoms with van der Waals surface area (Å²) in [5.41, 5.74) is 3.89. The van der Waals surface area contributed by atoms with Gasteiger partial charge in [-0.3, -0.25) is 0 Å². The second kappa shape index (κ2) is 6.25. The zero-order chi connectivity index (χ0) is 12.8. The second-order valence-corrected chi connectivity index (χ2v) is 4.74. The van der Waals surface area contributed by atoms with Crippen LogP contribution in [-0.4, -0.2) is 13.6 Å². The lowest BCUT2D eigenvalue weighted by Crippen LogP contribution is -2.18. The highest BCUT2D eigenvalue weighted by Gasteiger charge is 2.01. The van der Waals surface area contributed by atoms with Crippen LogP contribution in [0, 0.1) is 13.0 Å². The Morgan fingerprint density at radius 2 is 1.89 bits per heavy atom. The third-order valence-corrected chi connectivity index (χ3v) is 3.17. The van der Waals surface area contributed by atoms with Gasteiger partial charge < -0.3 is 4.90 Å². The molecule has 0 aromatic heterocycles. The quantitative estimate of drug-likeness (QED) is 0.764. The largest absolute Gasteiger partial charge is 0.375 e. The van der Waals surface area contributed by atoms with Gasteiger partial charge in [0.15, 0.2) is 0 Å². The molecule has 0 unspecified atom stereocenters. The summed E-state index contributed by atoms with van der Waals surface area (Å²) in [6, 6.07) is 20.2. The molecule has 0 amide bonds. The van der Waals surface area contributed by atoms with Gasteiger partial charge >= 0.3 is 0 Å². The normalized spacial score (nSPS) is 10.3. The summed E-state index contributed by atoms with van der Waals surface area (Å²) in [6.07, 6.45) is 2.32. The first-order chi connectivity index (χ1) is 8.75. The first-order valence-corrected chi connectivity index (χ1v) is 6.49. The lowest BCUT2D eigenvalue weighted by molar-refractivity contribution is 0.785. The van der Waals surface area contributed by atoms with Crippen LogP contribution in [0.2, 0.25) is 0 Å². The van der Waals surface area contributed by atoms with E-state index < -0.39 is 0 Å². The summed E-state index contributed by atoms with van der Waals surface area (Å²) >= 11 is 0. The molecular formula is C17H20N. The van der Waals surface area contributed by atoms with Crippen molar-refractivity contribution in [3.05, 3.63) is 65.7 Å². The highest BCUT2D eigenvalue weighted by Crippen LogP contribution is 2.14. The average molecular weight is 238 g/mol. The topological polar surface area (TPSA) is 3.24 Å². The van der Waals surface area contributed by atoms with E-state index in [2.05, 4.69) is 67.4 Å². The van der Waals surface area contributed by atoms with Gasteiger partial charge in [0.2, 0.25) is 0 Å². The number of hydrogen-bond acceptors (Lipinski definition) is 1. The average Bonchev–Trinajstić information content (AvgIpc) is 2.40. The molecular weight excluding hydrogens is 218 g/mol. The number of nitrogens with zero attached hydrogens (tertiary/aromatic N) is 1. The van der Waals surface area contributed by atoms with Crippen molar-refractivity contribution in [2.24, 2.45) is 0 Å². The first-order valence-electron chi connectivity index (χ1n) is 6.49. The van der Waals surface area contributed by atoms with Crippen molar-refractivity contribution in [1.82, 2.24) is 0 Å². The van der Waals surface area contributed by atoms with E-state index in [0.717, 1.165) is 13.0 Å². The summed E-state index contributed by atoms with van der Waals surface area (Å²) in [5, 5.41) is 0. The van der Waals surface area contributed by atoms with Crippen LogP contribution in [0.3, 0.4) is 0 Å². The molecule has 1 heteroatoms. The van der Waals surface area contributed by atoms with Crippen LogP contribution in [0.5, 0.6) is 0 Å². The van der Waals surface area contributed by atoms with Gasteiger partial charge in [-0.1, -0.05) is 36.4 Å². The van der Waals surface area contributed by atoms with Crippen LogP contribution in [-0.2, 0) is 6.42 Å². The Morgan fingerprint density at radius 3 is 2.61 bits per heavy atom. The highest BCUT2D eigenvalue weighted by atomic mass is 15.1. The highest BCUT2D eigenvalue weighted by molar-refractivity contribution is 5.47. The maximum Gasteiger partial charge on any atom is 0.0366 e. The van der Waals surface area contributed by atoms with Gasteiger partial charge in [0.25, 0.3) is 0 Å².